The van der Waals surface area contributed by atoms with Gasteiger partial charge in [-0.05, 0) is 37.6 Å². The molecule has 0 amide bonds. The molecule has 1 aromatic rings. The van der Waals surface area contributed by atoms with E-state index in [2.05, 4.69) is 11.9 Å². The van der Waals surface area contributed by atoms with Crippen molar-refractivity contribution in [2.45, 2.75) is 26.0 Å². The lowest BCUT2D eigenvalue weighted by Crippen LogP contribution is -2.18. The monoisotopic (exact) mass is 235 g/mol. The molecular weight excluding hydrogens is 214 g/mol. The highest BCUT2D eigenvalue weighted by atomic mass is 16.5. The zero-order valence-corrected chi connectivity index (χ0v) is 10.4. The molecule has 0 bridgehead atoms. The molecule has 0 aliphatic heterocycles. The van der Waals surface area contributed by atoms with Crippen LogP contribution in [0.5, 0.6) is 5.75 Å². The van der Waals surface area contributed by atoms with Gasteiger partial charge in [0.1, 0.15) is 12.4 Å². The Kier molecular flexibility index (Phi) is 6.37. The molecule has 0 saturated carbocycles. The van der Waals surface area contributed by atoms with Crippen molar-refractivity contribution in [1.82, 2.24) is 5.32 Å². The van der Waals surface area contributed by atoms with Gasteiger partial charge in [0.25, 0.3) is 0 Å². The fraction of sp³-hybridized carbons (Fsp3) is 0.429. The van der Waals surface area contributed by atoms with Crippen molar-refractivity contribution >= 4 is 0 Å². The first kappa shape index (κ1) is 13.7. The van der Waals surface area contributed by atoms with Gasteiger partial charge in [-0.25, -0.2) is 0 Å². The van der Waals surface area contributed by atoms with Crippen LogP contribution in [-0.2, 0) is 6.54 Å². The van der Waals surface area contributed by atoms with Crippen molar-refractivity contribution in [3.05, 3.63) is 42.5 Å². The minimum Gasteiger partial charge on any atom is -0.490 e. The standard InChI is InChI=1S/C14H21NO2/c1-3-10-17-14-6-4-13(5-7-14)11-15-9-8-12(2)16/h3-7,12,15-16H,1,8-11H2,2H3. The van der Waals surface area contributed by atoms with Crippen molar-refractivity contribution in [3.8, 4) is 5.75 Å². The Balaban J connectivity index is 2.27. The van der Waals surface area contributed by atoms with Crippen molar-refractivity contribution in [2.75, 3.05) is 13.2 Å². The fourth-order valence-corrected chi connectivity index (χ4v) is 1.40. The molecule has 0 fully saturated rings. The second kappa shape index (κ2) is 7.87. The summed E-state index contributed by atoms with van der Waals surface area (Å²) in [5.41, 5.74) is 1.21. The number of aliphatic hydroxyl groups excluding tert-OH is 1. The minimum atomic E-state index is -0.239. The molecule has 94 valence electrons. The molecule has 0 spiro atoms. The van der Waals surface area contributed by atoms with Gasteiger partial charge in [-0.15, -0.1) is 0 Å². The molecule has 0 aliphatic carbocycles. The summed E-state index contributed by atoms with van der Waals surface area (Å²) < 4.78 is 5.40. The quantitative estimate of drug-likeness (QED) is 0.535. The topological polar surface area (TPSA) is 41.5 Å². The van der Waals surface area contributed by atoms with E-state index in [1.807, 2.05) is 24.3 Å². The average molecular weight is 235 g/mol. The van der Waals surface area contributed by atoms with Crippen LogP contribution in [-0.4, -0.2) is 24.4 Å². The summed E-state index contributed by atoms with van der Waals surface area (Å²) in [6.45, 7) is 7.57. The van der Waals surface area contributed by atoms with Gasteiger partial charge in [0, 0.05) is 6.54 Å². The molecule has 17 heavy (non-hydrogen) atoms. The van der Waals surface area contributed by atoms with Gasteiger partial charge in [0.2, 0.25) is 0 Å². The van der Waals surface area contributed by atoms with E-state index >= 15 is 0 Å². The van der Waals surface area contributed by atoms with Gasteiger partial charge in [-0.3, -0.25) is 0 Å². The molecule has 0 aliphatic rings. The van der Waals surface area contributed by atoms with Gasteiger partial charge in [0.05, 0.1) is 6.10 Å². The van der Waals surface area contributed by atoms with Gasteiger partial charge in [0.15, 0.2) is 0 Å². The highest BCUT2D eigenvalue weighted by molar-refractivity contribution is 5.27. The summed E-state index contributed by atoms with van der Waals surface area (Å²) in [7, 11) is 0. The maximum absolute atomic E-state index is 9.10. The molecule has 1 atom stereocenters. The normalized spacial score (nSPS) is 12.1. The van der Waals surface area contributed by atoms with E-state index in [-0.39, 0.29) is 6.10 Å². The number of nitrogens with one attached hydrogen (secondary N) is 1. The molecule has 1 rings (SSSR count). The summed E-state index contributed by atoms with van der Waals surface area (Å²) in [4.78, 5) is 0. The van der Waals surface area contributed by atoms with Crippen LogP contribution in [0.25, 0.3) is 0 Å². The largest absolute Gasteiger partial charge is 0.490 e. The van der Waals surface area contributed by atoms with Gasteiger partial charge in [-0.2, -0.15) is 0 Å². The third kappa shape index (κ3) is 6.09. The lowest BCUT2D eigenvalue weighted by Gasteiger charge is -2.07. The molecule has 0 radical (unpaired) electrons. The number of ether oxygens (including phenoxy) is 1. The average Bonchev–Trinajstić information content (AvgIpc) is 2.33. The molecule has 0 saturated heterocycles. The Morgan fingerprint density at radius 1 is 1.41 bits per heavy atom. The molecule has 1 unspecified atom stereocenters. The minimum absolute atomic E-state index is 0.239. The Bertz CT molecular complexity index is 319. The smallest absolute Gasteiger partial charge is 0.119 e. The van der Waals surface area contributed by atoms with E-state index in [4.69, 9.17) is 9.84 Å². The predicted octanol–water partition coefficient (Wildman–Crippen LogP) is 2.11. The van der Waals surface area contributed by atoms with E-state index < -0.39 is 0 Å². The fourth-order valence-electron chi connectivity index (χ4n) is 1.40. The van der Waals surface area contributed by atoms with Crippen molar-refractivity contribution in [3.63, 3.8) is 0 Å². The number of rotatable bonds is 8. The Labute approximate surface area is 103 Å². The lowest BCUT2D eigenvalue weighted by molar-refractivity contribution is 0.183. The van der Waals surface area contributed by atoms with Crippen LogP contribution in [0.4, 0.5) is 0 Å². The lowest BCUT2D eigenvalue weighted by atomic mass is 10.2. The molecule has 3 nitrogen and oxygen atoms in total. The zero-order chi connectivity index (χ0) is 12.5. The number of benzene rings is 1. The highest BCUT2D eigenvalue weighted by Crippen LogP contribution is 2.11. The van der Waals surface area contributed by atoms with Crippen LogP contribution >= 0.6 is 0 Å². The number of hydrogen-bond donors (Lipinski definition) is 2. The van der Waals surface area contributed by atoms with E-state index in [0.29, 0.717) is 6.61 Å². The van der Waals surface area contributed by atoms with Crippen LogP contribution < -0.4 is 10.1 Å². The highest BCUT2D eigenvalue weighted by Gasteiger charge is 1.97. The van der Waals surface area contributed by atoms with Gasteiger partial charge < -0.3 is 15.2 Å². The Hall–Kier alpha value is -1.32. The summed E-state index contributed by atoms with van der Waals surface area (Å²) in [6.07, 6.45) is 2.27. The number of aliphatic hydroxyl groups is 1. The first-order chi connectivity index (χ1) is 8.22. The van der Waals surface area contributed by atoms with Gasteiger partial charge in [-0.1, -0.05) is 24.8 Å². The summed E-state index contributed by atoms with van der Waals surface area (Å²) >= 11 is 0. The van der Waals surface area contributed by atoms with Crippen LogP contribution in [0.2, 0.25) is 0 Å². The third-order valence-electron chi connectivity index (χ3n) is 2.36. The first-order valence-corrected chi connectivity index (χ1v) is 5.94. The molecule has 0 aromatic heterocycles. The van der Waals surface area contributed by atoms with Crippen LogP contribution in [0.1, 0.15) is 18.9 Å². The molecule has 2 N–H and O–H groups in total. The van der Waals surface area contributed by atoms with E-state index in [1.165, 1.54) is 5.56 Å². The summed E-state index contributed by atoms with van der Waals surface area (Å²) in [5, 5.41) is 12.4. The van der Waals surface area contributed by atoms with E-state index in [0.717, 1.165) is 25.3 Å². The second-order valence-electron chi connectivity index (χ2n) is 4.06. The van der Waals surface area contributed by atoms with Crippen molar-refractivity contribution < 1.29 is 9.84 Å². The Morgan fingerprint density at radius 3 is 2.71 bits per heavy atom. The Morgan fingerprint density at radius 2 is 2.12 bits per heavy atom. The van der Waals surface area contributed by atoms with Gasteiger partial charge >= 0.3 is 0 Å². The van der Waals surface area contributed by atoms with Crippen LogP contribution in [0.3, 0.4) is 0 Å². The molecule has 3 heteroatoms. The second-order valence-corrected chi connectivity index (χ2v) is 4.06. The summed E-state index contributed by atoms with van der Waals surface area (Å²) in [6, 6.07) is 7.98. The maximum Gasteiger partial charge on any atom is 0.119 e. The van der Waals surface area contributed by atoms with Crippen molar-refractivity contribution in [2.24, 2.45) is 0 Å². The molecule has 1 aromatic carbocycles. The molecule has 0 heterocycles. The zero-order valence-electron chi connectivity index (χ0n) is 10.4. The summed E-state index contributed by atoms with van der Waals surface area (Å²) in [5.74, 6) is 0.859. The van der Waals surface area contributed by atoms with Crippen LogP contribution in [0.15, 0.2) is 36.9 Å². The SMILES string of the molecule is C=CCOc1ccc(CNCCC(C)O)cc1. The van der Waals surface area contributed by atoms with E-state index in [1.54, 1.807) is 13.0 Å². The predicted molar refractivity (Wildman–Crippen MR) is 70.1 cm³/mol. The molecular formula is C14H21NO2. The van der Waals surface area contributed by atoms with Crippen molar-refractivity contribution in [1.29, 1.82) is 0 Å². The van der Waals surface area contributed by atoms with Crippen LogP contribution in [0, 0.1) is 0 Å². The van der Waals surface area contributed by atoms with E-state index in [9.17, 15) is 0 Å². The third-order valence-corrected chi connectivity index (χ3v) is 2.36. The number of hydrogen-bond acceptors (Lipinski definition) is 3. The maximum atomic E-state index is 9.10. The first-order valence-electron chi connectivity index (χ1n) is 5.94.